The van der Waals surface area contributed by atoms with Crippen molar-refractivity contribution in [3.05, 3.63) is 21.3 Å². The maximum absolute atomic E-state index is 5.96. The molecular formula is C12H20Cl2N2S. The smallest absolute Gasteiger partial charge is 0.0516 e. The Bertz CT molecular complexity index is 324. The maximum Gasteiger partial charge on any atom is 0.0516 e. The summed E-state index contributed by atoms with van der Waals surface area (Å²) in [6.07, 6.45) is 2.49. The van der Waals surface area contributed by atoms with Crippen LogP contribution in [0.2, 0.25) is 5.02 Å². The Morgan fingerprint density at radius 1 is 1.59 bits per heavy atom. The average molecular weight is 295 g/mol. The molecule has 0 amide bonds. The molecule has 2 nitrogen and oxygen atoms in total. The van der Waals surface area contributed by atoms with Crippen molar-refractivity contribution in [2.75, 3.05) is 19.6 Å². The number of nitrogens with one attached hydrogen (secondary N) is 1. The Morgan fingerprint density at radius 2 is 2.41 bits per heavy atom. The van der Waals surface area contributed by atoms with Crippen molar-refractivity contribution in [1.29, 1.82) is 0 Å². The molecule has 1 aromatic rings. The van der Waals surface area contributed by atoms with E-state index in [1.807, 2.05) is 5.38 Å². The van der Waals surface area contributed by atoms with Gasteiger partial charge in [-0.1, -0.05) is 18.5 Å². The lowest BCUT2D eigenvalue weighted by Crippen LogP contribution is -2.36. The second kappa shape index (κ2) is 7.59. The largest absolute Gasteiger partial charge is 0.315 e. The molecule has 1 fully saturated rings. The minimum Gasteiger partial charge on any atom is -0.315 e. The molecule has 5 heteroatoms. The Labute approximate surface area is 119 Å². The van der Waals surface area contributed by atoms with Gasteiger partial charge in [0.05, 0.1) is 5.02 Å². The third-order valence-corrected chi connectivity index (χ3v) is 4.31. The molecular weight excluding hydrogens is 275 g/mol. The molecule has 1 saturated heterocycles. The Hall–Kier alpha value is 0.200. The van der Waals surface area contributed by atoms with Crippen molar-refractivity contribution in [2.45, 2.75) is 32.4 Å². The number of halogens is 2. The van der Waals surface area contributed by atoms with Crippen LogP contribution in [0.3, 0.4) is 0 Å². The first-order valence-electron chi connectivity index (χ1n) is 5.97. The van der Waals surface area contributed by atoms with E-state index >= 15 is 0 Å². The summed E-state index contributed by atoms with van der Waals surface area (Å²) in [4.78, 5) is 3.97. The predicted octanol–water partition coefficient (Wildman–Crippen LogP) is 3.40. The first-order valence-corrected chi connectivity index (χ1v) is 7.23. The summed E-state index contributed by atoms with van der Waals surface area (Å²) in [6.45, 7) is 6.78. The van der Waals surface area contributed by atoms with Crippen LogP contribution in [-0.2, 0) is 6.54 Å². The van der Waals surface area contributed by atoms with Crippen LogP contribution in [-0.4, -0.2) is 30.6 Å². The summed E-state index contributed by atoms with van der Waals surface area (Å²) >= 11 is 7.73. The van der Waals surface area contributed by atoms with E-state index in [9.17, 15) is 0 Å². The number of rotatable bonds is 5. The molecule has 2 heterocycles. The van der Waals surface area contributed by atoms with Crippen LogP contribution in [0.15, 0.2) is 11.4 Å². The quantitative estimate of drug-likeness (QED) is 0.895. The zero-order valence-corrected chi connectivity index (χ0v) is 12.5. The van der Waals surface area contributed by atoms with Crippen LogP contribution < -0.4 is 5.32 Å². The van der Waals surface area contributed by atoms with Gasteiger partial charge in [-0.2, -0.15) is 0 Å². The van der Waals surface area contributed by atoms with Gasteiger partial charge in [0.15, 0.2) is 0 Å². The molecule has 0 radical (unpaired) electrons. The molecule has 1 aliphatic heterocycles. The van der Waals surface area contributed by atoms with E-state index in [-0.39, 0.29) is 12.4 Å². The fraction of sp³-hybridized carbons (Fsp3) is 0.667. The third-order valence-electron chi connectivity index (χ3n) is 3.04. The second-order valence-electron chi connectivity index (χ2n) is 4.35. The summed E-state index contributed by atoms with van der Waals surface area (Å²) in [6, 6.07) is 2.80. The Balaban J connectivity index is 0.00000144. The molecule has 1 N–H and O–H groups in total. The van der Waals surface area contributed by atoms with E-state index in [1.165, 1.54) is 24.3 Å². The van der Waals surface area contributed by atoms with Crippen molar-refractivity contribution >= 4 is 35.3 Å². The van der Waals surface area contributed by atoms with Crippen LogP contribution in [0.1, 0.15) is 24.6 Å². The SMILES string of the molecule is CCCN(Cc1cc(Cl)cs1)C1CCNC1.Cl. The number of hydrogen-bond acceptors (Lipinski definition) is 3. The van der Waals surface area contributed by atoms with Gasteiger partial charge in [-0.3, -0.25) is 4.90 Å². The predicted molar refractivity (Wildman–Crippen MR) is 78.6 cm³/mol. The molecule has 1 atom stereocenters. The molecule has 0 aromatic carbocycles. The zero-order valence-electron chi connectivity index (χ0n) is 10.1. The van der Waals surface area contributed by atoms with Crippen LogP contribution in [0.5, 0.6) is 0 Å². The van der Waals surface area contributed by atoms with E-state index in [2.05, 4.69) is 23.2 Å². The lowest BCUT2D eigenvalue weighted by molar-refractivity contribution is 0.201. The van der Waals surface area contributed by atoms with Crippen LogP contribution >= 0.6 is 35.3 Å². The van der Waals surface area contributed by atoms with Crippen molar-refractivity contribution in [1.82, 2.24) is 10.2 Å². The van der Waals surface area contributed by atoms with Crippen molar-refractivity contribution < 1.29 is 0 Å². The first kappa shape index (κ1) is 15.3. The normalized spacial score (nSPS) is 19.6. The molecule has 0 bridgehead atoms. The van der Waals surface area contributed by atoms with Crippen LogP contribution in [0, 0.1) is 0 Å². The monoisotopic (exact) mass is 294 g/mol. The summed E-state index contributed by atoms with van der Waals surface area (Å²) in [7, 11) is 0. The molecule has 0 spiro atoms. The van der Waals surface area contributed by atoms with Gasteiger partial charge in [0.1, 0.15) is 0 Å². The topological polar surface area (TPSA) is 15.3 Å². The summed E-state index contributed by atoms with van der Waals surface area (Å²) in [5.41, 5.74) is 0. The van der Waals surface area contributed by atoms with Gasteiger partial charge in [0.25, 0.3) is 0 Å². The van der Waals surface area contributed by atoms with Gasteiger partial charge in [0, 0.05) is 29.4 Å². The molecule has 0 saturated carbocycles. The minimum absolute atomic E-state index is 0. The van der Waals surface area contributed by atoms with E-state index in [0.717, 1.165) is 24.7 Å². The van der Waals surface area contributed by atoms with Crippen LogP contribution in [0.4, 0.5) is 0 Å². The standard InChI is InChI=1S/C12H19ClN2S.ClH/c1-2-5-15(11-3-4-14-7-11)8-12-6-10(13)9-16-12;/h6,9,11,14H,2-5,7-8H2,1H3;1H. The highest BCUT2D eigenvalue weighted by molar-refractivity contribution is 7.10. The summed E-state index contributed by atoms with van der Waals surface area (Å²) in [5, 5.41) is 6.34. The molecule has 17 heavy (non-hydrogen) atoms. The van der Waals surface area contributed by atoms with Gasteiger partial charge in [-0.25, -0.2) is 0 Å². The molecule has 1 aromatic heterocycles. The molecule has 2 rings (SSSR count). The van der Waals surface area contributed by atoms with Crippen molar-refractivity contribution in [3.8, 4) is 0 Å². The van der Waals surface area contributed by atoms with Crippen molar-refractivity contribution in [3.63, 3.8) is 0 Å². The molecule has 0 aliphatic carbocycles. The van der Waals surface area contributed by atoms with E-state index < -0.39 is 0 Å². The molecule has 1 aliphatic rings. The van der Waals surface area contributed by atoms with Gasteiger partial charge in [-0.15, -0.1) is 23.7 Å². The highest BCUT2D eigenvalue weighted by Crippen LogP contribution is 2.22. The van der Waals surface area contributed by atoms with E-state index in [0.29, 0.717) is 6.04 Å². The number of thiophene rings is 1. The van der Waals surface area contributed by atoms with E-state index in [1.54, 1.807) is 11.3 Å². The Morgan fingerprint density at radius 3 is 2.94 bits per heavy atom. The average Bonchev–Trinajstić information content (AvgIpc) is 2.88. The van der Waals surface area contributed by atoms with Gasteiger partial charge in [0.2, 0.25) is 0 Å². The highest BCUT2D eigenvalue weighted by Gasteiger charge is 2.21. The molecule has 98 valence electrons. The second-order valence-corrected chi connectivity index (χ2v) is 5.78. The van der Waals surface area contributed by atoms with Gasteiger partial charge in [-0.05, 0) is 32.0 Å². The zero-order chi connectivity index (χ0) is 11.4. The summed E-state index contributed by atoms with van der Waals surface area (Å²) < 4.78 is 0. The van der Waals surface area contributed by atoms with E-state index in [4.69, 9.17) is 11.6 Å². The maximum atomic E-state index is 5.96. The lowest BCUT2D eigenvalue weighted by Gasteiger charge is -2.27. The lowest BCUT2D eigenvalue weighted by atomic mass is 10.2. The fourth-order valence-electron chi connectivity index (χ4n) is 2.27. The van der Waals surface area contributed by atoms with Gasteiger partial charge < -0.3 is 5.32 Å². The minimum atomic E-state index is 0. The number of hydrogen-bond donors (Lipinski definition) is 1. The highest BCUT2D eigenvalue weighted by atomic mass is 35.5. The molecule has 1 unspecified atom stereocenters. The fourth-order valence-corrected chi connectivity index (χ4v) is 3.36. The van der Waals surface area contributed by atoms with Crippen LogP contribution in [0.25, 0.3) is 0 Å². The Kier molecular flexibility index (Phi) is 6.82. The summed E-state index contributed by atoms with van der Waals surface area (Å²) in [5.74, 6) is 0. The van der Waals surface area contributed by atoms with Crippen molar-refractivity contribution in [2.24, 2.45) is 0 Å². The first-order chi connectivity index (χ1) is 7.79. The number of nitrogens with zero attached hydrogens (tertiary/aromatic N) is 1. The third kappa shape index (κ3) is 4.42. The van der Waals surface area contributed by atoms with Gasteiger partial charge >= 0.3 is 0 Å².